The third kappa shape index (κ3) is 0.699. The molecule has 0 aliphatic carbocycles. The van der Waals surface area contributed by atoms with Crippen molar-refractivity contribution in [2.24, 2.45) is 0 Å². The van der Waals surface area contributed by atoms with Gasteiger partial charge in [0, 0.05) is 0 Å². The van der Waals surface area contributed by atoms with E-state index in [0.29, 0.717) is 0 Å². The van der Waals surface area contributed by atoms with Crippen LogP contribution in [-0.2, 0) is 0 Å². The number of hydrogen-bond donors (Lipinski definition) is 0. The Morgan fingerprint density at radius 3 is 1.60 bits per heavy atom. The monoisotopic (exact) mass is 134 g/mol. The largest absolute Gasteiger partial charge is 0.159 e. The molecule has 0 atom stereocenters. The Morgan fingerprint density at radius 1 is 0.800 bits per heavy atom. The van der Waals surface area contributed by atoms with Gasteiger partial charge in [-0.05, 0) is 12.1 Å². The third-order valence-corrected chi connectivity index (χ3v) is 1.19. The number of aromatic nitrogens is 4. The third-order valence-electron chi connectivity index (χ3n) is 1.19. The van der Waals surface area contributed by atoms with Gasteiger partial charge in [-0.1, -0.05) is 0 Å². The van der Waals surface area contributed by atoms with Crippen LogP contribution in [0.5, 0.6) is 0 Å². The van der Waals surface area contributed by atoms with Crippen molar-refractivity contribution in [1.29, 1.82) is 0 Å². The lowest BCUT2D eigenvalue weighted by Crippen LogP contribution is -2.09. The highest BCUT2D eigenvalue weighted by atomic mass is 15.7. The molecule has 2 rings (SSSR count). The highest BCUT2D eigenvalue weighted by Crippen LogP contribution is 1.86. The van der Waals surface area contributed by atoms with Gasteiger partial charge in [0.05, 0.1) is 24.8 Å². The second kappa shape index (κ2) is 1.98. The molecule has 2 aromatic rings. The Kier molecular flexibility index (Phi) is 1.04. The van der Waals surface area contributed by atoms with Gasteiger partial charge >= 0.3 is 0 Å². The first-order valence-electron chi connectivity index (χ1n) is 2.97. The van der Waals surface area contributed by atoms with E-state index in [1.54, 1.807) is 22.0 Å². The molecule has 0 amide bonds. The SMILES string of the molecule is c1cnn(-n2cccn2)c1. The number of rotatable bonds is 1. The van der Waals surface area contributed by atoms with E-state index in [9.17, 15) is 0 Å². The van der Waals surface area contributed by atoms with E-state index < -0.39 is 0 Å². The molecule has 0 aromatic carbocycles. The van der Waals surface area contributed by atoms with Crippen molar-refractivity contribution in [2.75, 3.05) is 0 Å². The average molecular weight is 134 g/mol. The van der Waals surface area contributed by atoms with Crippen LogP contribution in [0.2, 0.25) is 0 Å². The molecule has 0 N–H and O–H groups in total. The Labute approximate surface area is 57.7 Å². The second-order valence-electron chi connectivity index (χ2n) is 1.85. The van der Waals surface area contributed by atoms with E-state index >= 15 is 0 Å². The first-order valence-corrected chi connectivity index (χ1v) is 2.97. The lowest BCUT2D eigenvalue weighted by molar-refractivity contribution is 0.508. The van der Waals surface area contributed by atoms with Gasteiger partial charge in [-0.15, -0.1) is 0 Å². The molecule has 50 valence electrons. The normalized spacial score (nSPS) is 10.0. The van der Waals surface area contributed by atoms with Crippen molar-refractivity contribution in [3.05, 3.63) is 36.9 Å². The minimum Gasteiger partial charge on any atom is -0.159 e. The summed E-state index contributed by atoms with van der Waals surface area (Å²) in [4.78, 5) is 3.28. The molecule has 0 aliphatic heterocycles. The van der Waals surface area contributed by atoms with Gasteiger partial charge in [0.1, 0.15) is 0 Å². The topological polar surface area (TPSA) is 35.6 Å². The van der Waals surface area contributed by atoms with Crippen LogP contribution in [0.4, 0.5) is 0 Å². The molecular weight excluding hydrogens is 128 g/mol. The van der Waals surface area contributed by atoms with Crippen LogP contribution in [-0.4, -0.2) is 19.8 Å². The molecule has 2 heterocycles. The molecule has 4 nitrogen and oxygen atoms in total. The predicted octanol–water partition coefficient (Wildman–Crippen LogP) is 0.391. The Hall–Kier alpha value is -1.58. The summed E-state index contributed by atoms with van der Waals surface area (Å²) < 4.78 is 0. The molecule has 2 aromatic heterocycles. The van der Waals surface area contributed by atoms with Gasteiger partial charge in [-0.2, -0.15) is 19.8 Å². The minimum absolute atomic E-state index is 1.64. The van der Waals surface area contributed by atoms with E-state index in [1.807, 2.05) is 24.5 Å². The summed E-state index contributed by atoms with van der Waals surface area (Å²) >= 11 is 0. The van der Waals surface area contributed by atoms with Crippen molar-refractivity contribution in [3.63, 3.8) is 0 Å². The zero-order chi connectivity index (χ0) is 6.81. The molecule has 0 aliphatic rings. The van der Waals surface area contributed by atoms with E-state index in [1.165, 1.54) is 0 Å². The summed E-state index contributed by atoms with van der Waals surface area (Å²) in [5.74, 6) is 0. The predicted molar refractivity (Wildman–Crippen MR) is 35.3 cm³/mol. The molecule has 0 unspecified atom stereocenters. The zero-order valence-corrected chi connectivity index (χ0v) is 5.25. The highest BCUT2D eigenvalue weighted by molar-refractivity contribution is 4.82. The maximum Gasteiger partial charge on any atom is 0.0511 e. The number of nitrogens with zero attached hydrogens (tertiary/aromatic N) is 4. The van der Waals surface area contributed by atoms with Gasteiger partial charge in [0.2, 0.25) is 0 Å². The van der Waals surface area contributed by atoms with Crippen LogP contribution >= 0.6 is 0 Å². The molecule has 0 radical (unpaired) electrons. The second-order valence-corrected chi connectivity index (χ2v) is 1.85. The standard InChI is InChI=1S/C6H6N4/c1-3-7-9(5-1)10-6-2-4-8-10/h1-6H. The molecular formula is C6H6N4. The van der Waals surface area contributed by atoms with E-state index in [0.717, 1.165) is 0 Å². The van der Waals surface area contributed by atoms with E-state index in [2.05, 4.69) is 10.2 Å². The lowest BCUT2D eigenvalue weighted by atomic mass is 10.8. The van der Waals surface area contributed by atoms with Crippen LogP contribution in [0.3, 0.4) is 0 Å². The minimum atomic E-state index is 1.64. The van der Waals surface area contributed by atoms with Crippen LogP contribution in [0.25, 0.3) is 0 Å². The van der Waals surface area contributed by atoms with Gasteiger partial charge in [-0.3, -0.25) is 0 Å². The van der Waals surface area contributed by atoms with E-state index in [-0.39, 0.29) is 0 Å². The fraction of sp³-hybridized carbons (Fsp3) is 0. The van der Waals surface area contributed by atoms with Crippen LogP contribution in [0.1, 0.15) is 0 Å². The Morgan fingerprint density at radius 2 is 1.30 bits per heavy atom. The Bertz CT molecular complexity index is 249. The maximum absolute atomic E-state index is 3.98. The number of hydrogen-bond acceptors (Lipinski definition) is 2. The summed E-state index contributed by atoms with van der Waals surface area (Å²) in [5, 5.41) is 7.95. The van der Waals surface area contributed by atoms with Gasteiger partial charge in [0.25, 0.3) is 0 Å². The van der Waals surface area contributed by atoms with Gasteiger partial charge in [0.15, 0.2) is 0 Å². The summed E-state index contributed by atoms with van der Waals surface area (Å²) in [7, 11) is 0. The highest BCUT2D eigenvalue weighted by Gasteiger charge is 1.88. The average Bonchev–Trinajstić information content (AvgIpc) is 2.59. The fourth-order valence-corrected chi connectivity index (χ4v) is 0.764. The first kappa shape index (κ1) is 5.22. The van der Waals surface area contributed by atoms with Crippen molar-refractivity contribution >= 4 is 0 Å². The first-order chi connectivity index (χ1) is 4.97. The van der Waals surface area contributed by atoms with E-state index in [4.69, 9.17) is 0 Å². The van der Waals surface area contributed by atoms with Crippen LogP contribution in [0, 0.1) is 0 Å². The van der Waals surface area contributed by atoms with Crippen LogP contribution in [0.15, 0.2) is 36.9 Å². The summed E-state index contributed by atoms with van der Waals surface area (Å²) in [6, 6.07) is 3.70. The van der Waals surface area contributed by atoms with Gasteiger partial charge < -0.3 is 0 Å². The summed E-state index contributed by atoms with van der Waals surface area (Å²) in [6.45, 7) is 0. The molecule has 0 spiro atoms. The van der Waals surface area contributed by atoms with Crippen molar-refractivity contribution in [2.45, 2.75) is 0 Å². The van der Waals surface area contributed by atoms with Crippen molar-refractivity contribution in [1.82, 2.24) is 19.8 Å². The zero-order valence-electron chi connectivity index (χ0n) is 5.25. The molecule has 0 saturated carbocycles. The smallest absolute Gasteiger partial charge is 0.0511 e. The van der Waals surface area contributed by atoms with Gasteiger partial charge in [-0.25, -0.2) is 0 Å². The molecule has 0 saturated heterocycles. The van der Waals surface area contributed by atoms with Crippen molar-refractivity contribution < 1.29 is 0 Å². The fourth-order valence-electron chi connectivity index (χ4n) is 0.764. The molecule has 10 heavy (non-hydrogen) atoms. The summed E-state index contributed by atoms with van der Waals surface area (Å²) in [5.41, 5.74) is 0. The molecule has 0 bridgehead atoms. The molecule has 4 heteroatoms. The lowest BCUT2D eigenvalue weighted by Gasteiger charge is -1.96. The quantitative estimate of drug-likeness (QED) is 0.565. The van der Waals surface area contributed by atoms with Crippen LogP contribution < -0.4 is 0 Å². The molecule has 0 fully saturated rings. The maximum atomic E-state index is 3.98. The Balaban J connectivity index is 2.48. The summed E-state index contributed by atoms with van der Waals surface area (Å²) in [6.07, 6.45) is 7.07. The van der Waals surface area contributed by atoms with Crippen molar-refractivity contribution in [3.8, 4) is 0 Å².